The van der Waals surface area contributed by atoms with Crippen LogP contribution in [0.25, 0.3) is 22.2 Å². The first kappa shape index (κ1) is 20.1. The van der Waals surface area contributed by atoms with Crippen molar-refractivity contribution in [2.75, 3.05) is 13.2 Å². The number of carbonyl (C=O) groups is 1. The molecule has 4 heterocycles. The van der Waals surface area contributed by atoms with E-state index < -0.39 is 6.04 Å². The lowest BCUT2D eigenvalue weighted by molar-refractivity contribution is 0.0715. The maximum atomic E-state index is 13.3. The molecule has 0 spiro atoms. The van der Waals surface area contributed by atoms with Crippen molar-refractivity contribution >= 4 is 16.8 Å². The van der Waals surface area contributed by atoms with Crippen LogP contribution < -0.4 is 5.56 Å². The van der Waals surface area contributed by atoms with Gasteiger partial charge in [0.25, 0.3) is 11.5 Å². The molecule has 9 heteroatoms. The maximum Gasteiger partial charge on any atom is 0.276 e. The van der Waals surface area contributed by atoms with E-state index >= 15 is 0 Å². The van der Waals surface area contributed by atoms with Crippen LogP contribution in [0.5, 0.6) is 0 Å². The third-order valence-corrected chi connectivity index (χ3v) is 5.70. The van der Waals surface area contributed by atoms with E-state index in [1.54, 1.807) is 47.6 Å². The second kappa shape index (κ2) is 8.35. The van der Waals surface area contributed by atoms with E-state index in [0.29, 0.717) is 35.5 Å². The van der Waals surface area contributed by atoms with Gasteiger partial charge in [-0.3, -0.25) is 19.1 Å². The molecule has 0 saturated carbocycles. The van der Waals surface area contributed by atoms with Gasteiger partial charge in [-0.05, 0) is 37.1 Å². The first-order valence-corrected chi connectivity index (χ1v) is 10.5. The molecule has 1 amide bonds. The summed E-state index contributed by atoms with van der Waals surface area (Å²) in [4.78, 5) is 36.9. The van der Waals surface area contributed by atoms with E-state index in [1.165, 1.54) is 4.57 Å². The van der Waals surface area contributed by atoms with Gasteiger partial charge in [-0.15, -0.1) is 0 Å². The summed E-state index contributed by atoms with van der Waals surface area (Å²) in [6.45, 7) is 0.422. The number of hydrogen-bond acceptors (Lipinski definition) is 7. The van der Waals surface area contributed by atoms with Gasteiger partial charge in [0.1, 0.15) is 5.82 Å². The summed E-state index contributed by atoms with van der Waals surface area (Å²) < 4.78 is 6.84. The average Bonchev–Trinajstić information content (AvgIpc) is 3.51. The highest BCUT2D eigenvalue weighted by atomic mass is 16.5. The average molecular weight is 431 g/mol. The van der Waals surface area contributed by atoms with Crippen molar-refractivity contribution in [3.63, 3.8) is 0 Å². The van der Waals surface area contributed by atoms with Crippen molar-refractivity contribution in [1.29, 1.82) is 0 Å². The fourth-order valence-corrected chi connectivity index (χ4v) is 4.20. The minimum Gasteiger partial charge on any atom is -0.395 e. The van der Waals surface area contributed by atoms with E-state index in [0.717, 1.165) is 12.0 Å². The Morgan fingerprint density at radius 2 is 2.09 bits per heavy atom. The number of carbonyl (C=O) groups excluding carboxylic acids is 1. The number of nitrogens with zero attached hydrogens (tertiary/aromatic N) is 5. The Balaban J connectivity index is 1.52. The van der Waals surface area contributed by atoms with Crippen LogP contribution in [0.2, 0.25) is 0 Å². The second-order valence-corrected chi connectivity index (χ2v) is 7.64. The van der Waals surface area contributed by atoms with Crippen LogP contribution in [0.4, 0.5) is 0 Å². The second-order valence-electron chi connectivity index (χ2n) is 7.64. The van der Waals surface area contributed by atoms with Crippen LogP contribution in [0.3, 0.4) is 0 Å². The van der Waals surface area contributed by atoms with Crippen LogP contribution >= 0.6 is 0 Å². The van der Waals surface area contributed by atoms with Gasteiger partial charge in [0.05, 0.1) is 30.1 Å². The summed E-state index contributed by atoms with van der Waals surface area (Å²) in [5, 5.41) is 14.0. The molecule has 5 rings (SSSR count). The molecule has 1 fully saturated rings. The number of amides is 1. The standard InChI is InChI=1S/C23H21N5O4/c29-12-11-28-21(25-17-7-2-1-6-16(17)22(28)30)19-8-4-10-27(19)23(31)18-13-20(32-26-18)15-5-3-9-24-14-15/h1-3,5-7,9,13-14,19,29H,4,8,10-12H2. The van der Waals surface area contributed by atoms with Crippen molar-refractivity contribution in [2.45, 2.75) is 25.4 Å². The Kier molecular flexibility index (Phi) is 5.24. The number of aromatic nitrogens is 4. The third kappa shape index (κ3) is 3.46. The van der Waals surface area contributed by atoms with Gasteiger partial charge in [-0.2, -0.15) is 0 Å². The fraction of sp³-hybridized carbons (Fsp3) is 0.261. The van der Waals surface area contributed by atoms with Crippen molar-refractivity contribution in [3.05, 3.63) is 76.7 Å². The molecule has 1 aliphatic heterocycles. The fourth-order valence-electron chi connectivity index (χ4n) is 4.20. The van der Waals surface area contributed by atoms with Crippen molar-refractivity contribution in [2.24, 2.45) is 0 Å². The maximum absolute atomic E-state index is 13.3. The molecule has 1 aromatic carbocycles. The summed E-state index contributed by atoms with van der Waals surface area (Å²) in [7, 11) is 0. The van der Waals surface area contributed by atoms with Gasteiger partial charge in [0.15, 0.2) is 11.5 Å². The topological polar surface area (TPSA) is 114 Å². The van der Waals surface area contributed by atoms with Crippen molar-refractivity contribution in [3.8, 4) is 11.3 Å². The van der Waals surface area contributed by atoms with E-state index in [-0.39, 0.29) is 30.3 Å². The Labute approximate surface area is 182 Å². The molecule has 4 aromatic rings. The van der Waals surface area contributed by atoms with Gasteiger partial charge in [0, 0.05) is 30.6 Å². The number of likely N-dealkylation sites (tertiary alicyclic amines) is 1. The molecule has 1 aliphatic rings. The van der Waals surface area contributed by atoms with Crippen LogP contribution in [0.1, 0.15) is 35.2 Å². The molecule has 162 valence electrons. The van der Waals surface area contributed by atoms with Crippen LogP contribution in [-0.2, 0) is 6.54 Å². The van der Waals surface area contributed by atoms with Crippen LogP contribution in [0.15, 0.2) is 64.2 Å². The van der Waals surface area contributed by atoms with Crippen LogP contribution in [0, 0.1) is 0 Å². The molecular weight excluding hydrogens is 410 g/mol. The van der Waals surface area contributed by atoms with Gasteiger partial charge < -0.3 is 14.5 Å². The Morgan fingerprint density at radius 3 is 2.91 bits per heavy atom. The first-order valence-electron chi connectivity index (χ1n) is 10.5. The Bertz CT molecular complexity index is 1330. The van der Waals surface area contributed by atoms with Gasteiger partial charge in [0.2, 0.25) is 0 Å². The minimum absolute atomic E-state index is 0.111. The number of aliphatic hydroxyl groups is 1. The molecule has 1 N–H and O–H groups in total. The first-order chi connectivity index (χ1) is 15.7. The molecule has 0 bridgehead atoms. The van der Waals surface area contributed by atoms with E-state index in [1.807, 2.05) is 12.1 Å². The predicted octanol–water partition coefficient (Wildman–Crippen LogP) is 2.42. The highest BCUT2D eigenvalue weighted by Crippen LogP contribution is 2.33. The summed E-state index contributed by atoms with van der Waals surface area (Å²) >= 11 is 0. The quantitative estimate of drug-likeness (QED) is 0.516. The van der Waals surface area contributed by atoms with Gasteiger partial charge in [-0.1, -0.05) is 17.3 Å². The number of para-hydroxylation sites is 1. The largest absolute Gasteiger partial charge is 0.395 e. The molecule has 3 aromatic heterocycles. The van der Waals surface area contributed by atoms with Crippen LogP contribution in [-0.4, -0.2) is 48.8 Å². The summed E-state index contributed by atoms with van der Waals surface area (Å²) in [6, 6.07) is 11.9. The predicted molar refractivity (Wildman–Crippen MR) is 116 cm³/mol. The molecule has 1 saturated heterocycles. The molecular formula is C23H21N5O4. The zero-order valence-corrected chi connectivity index (χ0v) is 17.2. The van der Waals surface area contributed by atoms with E-state index in [2.05, 4.69) is 10.1 Å². The Morgan fingerprint density at radius 1 is 1.22 bits per heavy atom. The smallest absolute Gasteiger partial charge is 0.276 e. The highest BCUT2D eigenvalue weighted by Gasteiger charge is 2.35. The lowest BCUT2D eigenvalue weighted by Crippen LogP contribution is -2.36. The van der Waals surface area contributed by atoms with E-state index in [9.17, 15) is 14.7 Å². The molecule has 1 unspecified atom stereocenters. The zero-order chi connectivity index (χ0) is 22.1. The SMILES string of the molecule is O=C(c1cc(-c2cccnc2)on1)N1CCCC1c1nc2ccccc2c(=O)n1CCO. The highest BCUT2D eigenvalue weighted by molar-refractivity contribution is 5.93. The van der Waals surface area contributed by atoms with Gasteiger partial charge >= 0.3 is 0 Å². The number of fused-ring (bicyclic) bond motifs is 1. The lowest BCUT2D eigenvalue weighted by Gasteiger charge is -2.26. The van der Waals surface area contributed by atoms with Crippen molar-refractivity contribution in [1.82, 2.24) is 24.6 Å². The lowest BCUT2D eigenvalue weighted by atomic mass is 10.1. The normalized spacial score (nSPS) is 16.0. The molecule has 0 radical (unpaired) electrons. The number of rotatable bonds is 5. The number of hydrogen-bond donors (Lipinski definition) is 1. The number of aliphatic hydroxyl groups excluding tert-OH is 1. The number of pyridine rings is 1. The summed E-state index contributed by atoms with van der Waals surface area (Å²) in [5.74, 6) is 0.646. The van der Waals surface area contributed by atoms with Gasteiger partial charge in [-0.25, -0.2) is 4.98 Å². The molecule has 1 atom stereocenters. The number of benzene rings is 1. The molecule has 0 aliphatic carbocycles. The summed E-state index contributed by atoms with van der Waals surface area (Å²) in [5.41, 5.74) is 1.26. The van der Waals surface area contributed by atoms with E-state index in [4.69, 9.17) is 9.51 Å². The minimum atomic E-state index is -0.398. The molecule has 32 heavy (non-hydrogen) atoms. The Hall–Kier alpha value is -3.85. The van der Waals surface area contributed by atoms with Crippen molar-refractivity contribution < 1.29 is 14.4 Å². The summed E-state index contributed by atoms with van der Waals surface area (Å²) in [6.07, 6.45) is 4.73. The molecule has 9 nitrogen and oxygen atoms in total. The monoisotopic (exact) mass is 431 g/mol. The third-order valence-electron chi connectivity index (χ3n) is 5.70. The zero-order valence-electron chi connectivity index (χ0n) is 17.2.